The zero-order valence-electron chi connectivity index (χ0n) is 10.0. The molecule has 4 heteroatoms. The van der Waals surface area contributed by atoms with E-state index in [1.54, 1.807) is 0 Å². The topological polar surface area (TPSA) is 8.81 Å². The van der Waals surface area contributed by atoms with Gasteiger partial charge in [-0.3, -0.25) is 0 Å². The first kappa shape index (κ1) is 12.9. The Morgan fingerprint density at radius 3 is 2.67 bits per heavy atom. The first-order valence-corrected chi connectivity index (χ1v) is 6.46. The van der Waals surface area contributed by atoms with Crippen LogP contribution in [0.1, 0.15) is 5.82 Å². The van der Waals surface area contributed by atoms with E-state index in [-0.39, 0.29) is 0 Å². The number of rotatable bonds is 5. The van der Waals surface area contributed by atoms with E-state index in [0.29, 0.717) is 17.3 Å². The summed E-state index contributed by atoms with van der Waals surface area (Å²) in [6.07, 6.45) is 3.70. The Bertz CT molecular complexity index is 579. The molecule has 0 unspecified atom stereocenters. The zero-order valence-corrected chi connectivity index (χ0v) is 11.6. The number of thiocarbonyl (C=S) groups is 1. The second-order valence-corrected chi connectivity index (χ2v) is 4.97. The molecule has 0 saturated carbocycles. The van der Waals surface area contributed by atoms with Crippen LogP contribution in [-0.2, 0) is 25.7 Å². The summed E-state index contributed by atoms with van der Waals surface area (Å²) < 4.78 is 4.66. The van der Waals surface area contributed by atoms with E-state index >= 15 is 0 Å². The minimum Gasteiger partial charge on any atom is -0.421 e. The van der Waals surface area contributed by atoms with Crippen LogP contribution in [-0.4, -0.2) is 8.76 Å². The molecule has 2 rings (SSSR count). The van der Waals surface area contributed by atoms with Crippen LogP contribution in [0.4, 0.5) is 0 Å². The van der Waals surface area contributed by atoms with Crippen molar-refractivity contribution in [2.24, 2.45) is 0 Å². The van der Waals surface area contributed by atoms with Crippen molar-refractivity contribution in [3.63, 3.8) is 0 Å². The maximum Gasteiger partial charge on any atom is 0.270 e. The molecule has 18 heavy (non-hydrogen) atoms. The second-order valence-electron chi connectivity index (χ2n) is 3.90. The summed E-state index contributed by atoms with van der Waals surface area (Å²) >= 11 is 10.4. The Kier molecular flexibility index (Phi) is 3.89. The molecule has 2 aromatic rings. The van der Waals surface area contributed by atoms with Gasteiger partial charge < -0.3 is 24.8 Å². The molecule has 1 aromatic carbocycles. The van der Waals surface area contributed by atoms with Crippen LogP contribution in [0.15, 0.2) is 49.6 Å². The molecule has 1 aromatic heterocycles. The Hall–Kier alpha value is -1.52. The number of hydrogen-bond donors (Lipinski definition) is 0. The van der Waals surface area contributed by atoms with E-state index in [2.05, 4.69) is 34.4 Å². The number of benzene rings is 1. The Labute approximate surface area is 118 Å². The third kappa shape index (κ3) is 2.09. The van der Waals surface area contributed by atoms with Gasteiger partial charge in [-0.1, -0.05) is 37.4 Å². The molecule has 1 heterocycles. The third-order valence-corrected chi connectivity index (χ3v) is 3.15. The minimum atomic E-state index is 0.468. The number of allylic oxidation sites excluding steroid dienone is 2. The standard InChI is InChI=1S/C14H14N2S2/c1-3-9-15-11-7-5-6-8-12(11)16(10-4-2)13(15)14(17)18/h3-8H,1-2,9-10H2. The molecule has 92 valence electrons. The van der Waals surface area contributed by atoms with Gasteiger partial charge in [-0.2, -0.15) is 0 Å². The van der Waals surface area contributed by atoms with Gasteiger partial charge in [0.1, 0.15) is 13.1 Å². The number of para-hydroxylation sites is 2. The molecule has 2 nitrogen and oxygen atoms in total. The van der Waals surface area contributed by atoms with Gasteiger partial charge in [0.05, 0.1) is 0 Å². The number of fused-ring (bicyclic) bond motifs is 1. The second kappa shape index (κ2) is 5.42. The minimum absolute atomic E-state index is 0.468. The molecule has 0 spiro atoms. The Morgan fingerprint density at radius 1 is 1.33 bits per heavy atom. The summed E-state index contributed by atoms with van der Waals surface area (Å²) in [6.45, 7) is 8.96. The summed E-state index contributed by atoms with van der Waals surface area (Å²) in [6, 6.07) is 8.15. The summed E-state index contributed by atoms with van der Waals surface area (Å²) in [4.78, 5) is 0. The van der Waals surface area contributed by atoms with E-state index in [9.17, 15) is 0 Å². The maximum atomic E-state index is 5.21. The van der Waals surface area contributed by atoms with Crippen molar-refractivity contribution in [3.05, 3.63) is 55.4 Å². The van der Waals surface area contributed by atoms with E-state index in [0.717, 1.165) is 16.9 Å². The van der Waals surface area contributed by atoms with E-state index < -0.39 is 0 Å². The SMILES string of the molecule is C=CCn1c(C(=S)[S-])[n+](CC=C)c2ccccc21. The highest BCUT2D eigenvalue weighted by Gasteiger charge is 2.21. The molecule has 0 aliphatic heterocycles. The van der Waals surface area contributed by atoms with Crippen molar-refractivity contribution in [3.8, 4) is 0 Å². The van der Waals surface area contributed by atoms with Gasteiger partial charge in [-0.15, -0.1) is 0 Å². The van der Waals surface area contributed by atoms with Gasteiger partial charge in [0, 0.05) is 0 Å². The molecule has 0 fully saturated rings. The highest BCUT2D eigenvalue weighted by atomic mass is 32.1. The van der Waals surface area contributed by atoms with Crippen molar-refractivity contribution < 1.29 is 4.57 Å². The largest absolute Gasteiger partial charge is 0.421 e. The lowest BCUT2D eigenvalue weighted by atomic mass is 10.3. The highest BCUT2D eigenvalue weighted by molar-refractivity contribution is 8.01. The third-order valence-electron chi connectivity index (χ3n) is 2.78. The number of aromatic nitrogens is 2. The van der Waals surface area contributed by atoms with Crippen molar-refractivity contribution in [1.82, 2.24) is 4.57 Å². The summed E-state index contributed by atoms with van der Waals surface area (Å²) in [7, 11) is 0. The predicted molar refractivity (Wildman–Crippen MR) is 81.6 cm³/mol. The molecular weight excluding hydrogens is 260 g/mol. The Balaban J connectivity index is 2.84. The van der Waals surface area contributed by atoms with Crippen LogP contribution in [0.5, 0.6) is 0 Å². The molecule has 0 bridgehead atoms. The van der Waals surface area contributed by atoms with E-state index in [1.807, 2.05) is 24.3 Å². The molecule has 0 N–H and O–H groups in total. The predicted octanol–water partition coefficient (Wildman–Crippen LogP) is 2.52. The van der Waals surface area contributed by atoms with Crippen LogP contribution >= 0.6 is 12.2 Å². The monoisotopic (exact) mass is 274 g/mol. The van der Waals surface area contributed by atoms with Gasteiger partial charge >= 0.3 is 0 Å². The fourth-order valence-corrected chi connectivity index (χ4v) is 2.58. The number of imidazole rings is 1. The summed E-state index contributed by atoms with van der Waals surface area (Å²) in [5.41, 5.74) is 2.22. The normalized spacial score (nSPS) is 10.4. The average molecular weight is 274 g/mol. The van der Waals surface area contributed by atoms with Gasteiger partial charge in [-0.25, -0.2) is 9.13 Å². The highest BCUT2D eigenvalue weighted by Crippen LogP contribution is 2.15. The quantitative estimate of drug-likeness (QED) is 0.358. The van der Waals surface area contributed by atoms with Crippen molar-refractivity contribution in [1.29, 1.82) is 0 Å². The van der Waals surface area contributed by atoms with Crippen molar-refractivity contribution in [2.75, 3.05) is 0 Å². The number of nitrogens with zero attached hydrogens (tertiary/aromatic N) is 2. The molecule has 0 aliphatic rings. The van der Waals surface area contributed by atoms with Crippen LogP contribution in [0.25, 0.3) is 11.0 Å². The molecule has 0 saturated heterocycles. The lowest BCUT2D eigenvalue weighted by Gasteiger charge is -2.05. The number of hydrogen-bond acceptors (Lipinski definition) is 2. The van der Waals surface area contributed by atoms with Crippen LogP contribution in [0.2, 0.25) is 0 Å². The van der Waals surface area contributed by atoms with Gasteiger partial charge in [0.25, 0.3) is 5.82 Å². The molecule has 0 atom stereocenters. The van der Waals surface area contributed by atoms with Crippen LogP contribution < -0.4 is 4.57 Å². The zero-order chi connectivity index (χ0) is 13.1. The first-order chi connectivity index (χ1) is 8.70. The maximum absolute atomic E-state index is 5.21. The summed E-state index contributed by atoms with van der Waals surface area (Å²) in [5, 5.41) is 0. The van der Waals surface area contributed by atoms with Crippen LogP contribution in [0.3, 0.4) is 0 Å². The van der Waals surface area contributed by atoms with E-state index in [4.69, 9.17) is 24.8 Å². The van der Waals surface area contributed by atoms with Gasteiger partial charge in [0.2, 0.25) is 0 Å². The van der Waals surface area contributed by atoms with Crippen molar-refractivity contribution >= 4 is 40.1 Å². The Morgan fingerprint density at radius 2 is 2.06 bits per heavy atom. The van der Waals surface area contributed by atoms with Crippen LogP contribution in [0, 0.1) is 0 Å². The van der Waals surface area contributed by atoms with Gasteiger partial charge in [0.15, 0.2) is 11.0 Å². The van der Waals surface area contributed by atoms with Gasteiger partial charge in [-0.05, 0) is 16.3 Å². The molecule has 0 aliphatic carbocycles. The fourth-order valence-electron chi connectivity index (χ4n) is 2.14. The fraction of sp³-hybridized carbons (Fsp3) is 0.143. The smallest absolute Gasteiger partial charge is 0.270 e. The van der Waals surface area contributed by atoms with E-state index in [1.165, 1.54) is 0 Å². The molecular formula is C14H14N2S2. The lowest BCUT2D eigenvalue weighted by Crippen LogP contribution is -2.39. The summed E-state index contributed by atoms with van der Waals surface area (Å²) in [5.74, 6) is 0.876. The molecule has 0 radical (unpaired) electrons. The molecule has 0 amide bonds. The first-order valence-electron chi connectivity index (χ1n) is 5.65. The van der Waals surface area contributed by atoms with Crippen molar-refractivity contribution in [2.45, 2.75) is 13.1 Å². The average Bonchev–Trinajstić information content (AvgIpc) is 2.66. The lowest BCUT2D eigenvalue weighted by molar-refractivity contribution is -0.662.